The van der Waals surface area contributed by atoms with E-state index < -0.39 is 16.0 Å². The molecule has 0 saturated heterocycles. The largest absolute Gasteiger partial charge is 0.465 e. The van der Waals surface area contributed by atoms with E-state index in [1.807, 2.05) is 13.0 Å². The molecule has 0 aliphatic rings. The minimum Gasteiger partial charge on any atom is -0.465 e. The fourth-order valence-corrected chi connectivity index (χ4v) is 5.26. The summed E-state index contributed by atoms with van der Waals surface area (Å²) in [6, 6.07) is 6.53. The van der Waals surface area contributed by atoms with Gasteiger partial charge in [0, 0.05) is 0 Å². The highest BCUT2D eigenvalue weighted by Crippen LogP contribution is 2.28. The Hall–Kier alpha value is -1.97. The molecule has 3 rings (SSSR count). The molecule has 6 nitrogen and oxygen atoms in total. The molecule has 0 atom stereocenters. The van der Waals surface area contributed by atoms with E-state index >= 15 is 0 Å². The second-order valence-electron chi connectivity index (χ2n) is 4.63. The smallest absolute Gasteiger partial charge is 0.349 e. The average Bonchev–Trinajstić information content (AvgIpc) is 3.11. The van der Waals surface area contributed by atoms with Gasteiger partial charge < -0.3 is 4.74 Å². The Kier molecular flexibility index (Phi) is 4.09. The van der Waals surface area contributed by atoms with Crippen molar-refractivity contribution in [3.63, 3.8) is 0 Å². The van der Waals surface area contributed by atoms with Crippen molar-refractivity contribution in [3.05, 3.63) is 39.5 Å². The molecule has 0 spiro atoms. The van der Waals surface area contributed by atoms with Crippen molar-refractivity contribution in [2.45, 2.75) is 11.8 Å². The number of nitrogens with zero attached hydrogens (tertiary/aromatic N) is 1. The number of hydrogen-bond donors (Lipinski definition) is 1. The number of anilines is 1. The fourth-order valence-electron chi connectivity index (χ4n) is 2.07. The summed E-state index contributed by atoms with van der Waals surface area (Å²) in [4.78, 5) is 15.9. The standard InChI is InChI=1S/C14H12N2O4S3/c1-8-15-10-7-9(3-4-11(10)22-8)16-23(18,19)12-5-6-21-13(12)14(17)20-2/h3-7,16H,1-2H3. The number of ether oxygens (including phenoxy) is 1. The van der Waals surface area contributed by atoms with Gasteiger partial charge in [0.1, 0.15) is 9.77 Å². The lowest BCUT2D eigenvalue weighted by Crippen LogP contribution is -2.15. The van der Waals surface area contributed by atoms with E-state index in [1.54, 1.807) is 12.1 Å². The third-order valence-corrected chi connectivity index (χ3v) is 6.44. The predicted molar refractivity (Wildman–Crippen MR) is 90.8 cm³/mol. The lowest BCUT2D eigenvalue weighted by molar-refractivity contribution is 0.0602. The number of thiophene rings is 1. The van der Waals surface area contributed by atoms with Crippen LogP contribution in [0.5, 0.6) is 0 Å². The van der Waals surface area contributed by atoms with Gasteiger partial charge in [0.05, 0.1) is 28.0 Å². The van der Waals surface area contributed by atoms with E-state index in [0.29, 0.717) is 5.69 Å². The molecule has 0 amide bonds. The lowest BCUT2D eigenvalue weighted by atomic mass is 10.3. The first-order chi connectivity index (χ1) is 10.9. The third kappa shape index (κ3) is 3.07. The molecule has 23 heavy (non-hydrogen) atoms. The molecule has 2 aromatic heterocycles. The first kappa shape index (κ1) is 15.9. The van der Waals surface area contributed by atoms with Crippen LogP contribution in [0.2, 0.25) is 0 Å². The zero-order valence-corrected chi connectivity index (χ0v) is 14.6. The minimum absolute atomic E-state index is 0.0468. The van der Waals surface area contributed by atoms with Crippen molar-refractivity contribution >= 4 is 54.6 Å². The summed E-state index contributed by atoms with van der Waals surface area (Å²) in [6.45, 7) is 1.89. The summed E-state index contributed by atoms with van der Waals surface area (Å²) >= 11 is 2.56. The van der Waals surface area contributed by atoms with Gasteiger partial charge in [-0.15, -0.1) is 22.7 Å². The topological polar surface area (TPSA) is 85.4 Å². The van der Waals surface area contributed by atoms with Gasteiger partial charge in [0.15, 0.2) is 0 Å². The van der Waals surface area contributed by atoms with E-state index in [1.165, 1.54) is 29.9 Å². The van der Waals surface area contributed by atoms with Crippen molar-refractivity contribution < 1.29 is 17.9 Å². The van der Waals surface area contributed by atoms with Gasteiger partial charge in [0.25, 0.3) is 10.0 Å². The number of esters is 1. The lowest BCUT2D eigenvalue weighted by Gasteiger charge is -2.08. The molecule has 0 unspecified atom stereocenters. The average molecular weight is 368 g/mol. The number of rotatable bonds is 4. The number of hydrogen-bond acceptors (Lipinski definition) is 7. The molecular weight excluding hydrogens is 356 g/mol. The van der Waals surface area contributed by atoms with Gasteiger partial charge in [-0.1, -0.05) is 0 Å². The maximum atomic E-state index is 12.5. The second-order valence-corrected chi connectivity index (χ2v) is 8.43. The molecule has 120 valence electrons. The van der Waals surface area contributed by atoms with E-state index in [9.17, 15) is 13.2 Å². The summed E-state index contributed by atoms with van der Waals surface area (Å²) in [5.74, 6) is -0.675. The minimum atomic E-state index is -3.88. The number of benzene rings is 1. The highest BCUT2D eigenvalue weighted by atomic mass is 32.2. The fraction of sp³-hybridized carbons (Fsp3) is 0.143. The van der Waals surface area contributed by atoms with Gasteiger partial charge in [-0.25, -0.2) is 18.2 Å². The molecule has 0 fully saturated rings. The highest BCUT2D eigenvalue weighted by Gasteiger charge is 2.24. The zero-order chi connectivity index (χ0) is 16.6. The molecule has 9 heteroatoms. The van der Waals surface area contributed by atoms with Crippen LogP contribution < -0.4 is 4.72 Å². The third-order valence-electron chi connectivity index (χ3n) is 3.04. The highest BCUT2D eigenvalue weighted by molar-refractivity contribution is 7.93. The number of thiazole rings is 1. The Balaban J connectivity index is 1.96. The molecular formula is C14H12N2O4S3. The van der Waals surface area contributed by atoms with E-state index in [2.05, 4.69) is 14.4 Å². The Morgan fingerprint density at radius 3 is 2.83 bits per heavy atom. The number of aromatic nitrogens is 1. The van der Waals surface area contributed by atoms with Crippen LogP contribution in [-0.4, -0.2) is 26.5 Å². The van der Waals surface area contributed by atoms with Gasteiger partial charge >= 0.3 is 5.97 Å². The monoisotopic (exact) mass is 368 g/mol. The Bertz CT molecular complexity index is 989. The molecule has 0 aliphatic carbocycles. The molecule has 2 heterocycles. The molecule has 1 N–H and O–H groups in total. The van der Waals surface area contributed by atoms with Gasteiger partial charge in [-0.3, -0.25) is 4.72 Å². The molecule has 3 aromatic rings. The SMILES string of the molecule is COC(=O)c1sccc1S(=O)(=O)Nc1ccc2sc(C)nc2c1. The van der Waals surface area contributed by atoms with Crippen LogP contribution in [0.15, 0.2) is 34.5 Å². The van der Waals surface area contributed by atoms with Crippen molar-refractivity contribution in [3.8, 4) is 0 Å². The van der Waals surface area contributed by atoms with Crippen LogP contribution in [0.4, 0.5) is 5.69 Å². The van der Waals surface area contributed by atoms with Crippen molar-refractivity contribution in [2.75, 3.05) is 11.8 Å². The summed E-state index contributed by atoms with van der Waals surface area (Å²) in [5.41, 5.74) is 1.12. The number of nitrogens with one attached hydrogen (secondary N) is 1. The Labute approximate surface area is 140 Å². The maximum Gasteiger partial charge on any atom is 0.349 e. The zero-order valence-electron chi connectivity index (χ0n) is 12.2. The first-order valence-electron chi connectivity index (χ1n) is 6.46. The van der Waals surface area contributed by atoms with Gasteiger partial charge in [0.2, 0.25) is 0 Å². The number of carbonyl (C=O) groups excluding carboxylic acids is 1. The molecule has 0 bridgehead atoms. The summed E-state index contributed by atoms with van der Waals surface area (Å²) in [7, 11) is -2.67. The quantitative estimate of drug-likeness (QED) is 0.715. The van der Waals surface area contributed by atoms with Gasteiger partial charge in [-0.2, -0.15) is 0 Å². The number of aryl methyl sites for hydroxylation is 1. The summed E-state index contributed by atoms with van der Waals surface area (Å²) < 4.78 is 33.1. The predicted octanol–water partition coefficient (Wildman–Crippen LogP) is 3.25. The van der Waals surface area contributed by atoms with Gasteiger partial charge in [-0.05, 0) is 36.6 Å². The van der Waals surface area contributed by atoms with Crippen molar-refractivity contribution in [1.29, 1.82) is 0 Å². The second kappa shape index (κ2) is 5.91. The Morgan fingerprint density at radius 2 is 2.09 bits per heavy atom. The number of sulfonamides is 1. The maximum absolute atomic E-state index is 12.5. The van der Waals surface area contributed by atoms with Crippen LogP contribution >= 0.6 is 22.7 Å². The molecule has 0 saturated carbocycles. The van der Waals surface area contributed by atoms with E-state index in [4.69, 9.17) is 0 Å². The molecule has 1 aromatic carbocycles. The molecule has 0 aliphatic heterocycles. The van der Waals surface area contributed by atoms with Crippen LogP contribution in [0.25, 0.3) is 10.2 Å². The summed E-state index contributed by atoms with van der Waals surface area (Å²) in [5, 5.41) is 2.44. The Morgan fingerprint density at radius 1 is 1.30 bits per heavy atom. The van der Waals surface area contributed by atoms with E-state index in [-0.39, 0.29) is 9.77 Å². The van der Waals surface area contributed by atoms with Crippen molar-refractivity contribution in [1.82, 2.24) is 4.98 Å². The first-order valence-corrected chi connectivity index (χ1v) is 9.64. The van der Waals surface area contributed by atoms with Crippen LogP contribution in [0.3, 0.4) is 0 Å². The number of fused-ring (bicyclic) bond motifs is 1. The van der Waals surface area contributed by atoms with Crippen LogP contribution in [0, 0.1) is 6.92 Å². The van der Waals surface area contributed by atoms with Crippen LogP contribution in [-0.2, 0) is 14.8 Å². The van der Waals surface area contributed by atoms with Crippen LogP contribution in [0.1, 0.15) is 14.7 Å². The van der Waals surface area contributed by atoms with E-state index in [0.717, 1.165) is 26.6 Å². The summed E-state index contributed by atoms with van der Waals surface area (Å²) in [6.07, 6.45) is 0. The number of carbonyl (C=O) groups is 1. The van der Waals surface area contributed by atoms with Crippen molar-refractivity contribution in [2.24, 2.45) is 0 Å². The number of methoxy groups -OCH3 is 1. The normalized spacial score (nSPS) is 11.6. The molecule has 0 radical (unpaired) electrons.